The quantitative estimate of drug-likeness (QED) is 0.466. The first-order chi connectivity index (χ1) is 8.52. The summed E-state index contributed by atoms with van der Waals surface area (Å²) in [5, 5.41) is 0. The van der Waals surface area contributed by atoms with Gasteiger partial charge >= 0.3 is 11.9 Å². The fraction of sp³-hybridized carbons (Fsp3) is 0.385. The Morgan fingerprint density at radius 1 is 1.28 bits per heavy atom. The monoisotopic (exact) mass is 268 g/mol. The molecule has 0 aliphatic heterocycles. The number of carbonyl (C=O) groups is 2. The van der Waals surface area contributed by atoms with E-state index in [4.69, 9.17) is 9.47 Å². The van der Waals surface area contributed by atoms with Gasteiger partial charge in [0.15, 0.2) is 0 Å². The summed E-state index contributed by atoms with van der Waals surface area (Å²) in [6.45, 7) is 5.20. The highest BCUT2D eigenvalue weighted by molar-refractivity contribution is 8.00. The van der Waals surface area contributed by atoms with Gasteiger partial charge in [-0.25, -0.2) is 4.79 Å². The Morgan fingerprint density at radius 3 is 2.39 bits per heavy atom. The van der Waals surface area contributed by atoms with E-state index in [0.717, 1.165) is 22.2 Å². The van der Waals surface area contributed by atoms with Crippen molar-refractivity contribution in [2.45, 2.75) is 31.1 Å². The molecule has 98 valence electrons. The second kappa shape index (κ2) is 7.06. The van der Waals surface area contributed by atoms with Crippen molar-refractivity contribution in [1.82, 2.24) is 0 Å². The van der Waals surface area contributed by atoms with E-state index in [1.807, 2.05) is 31.2 Å². The van der Waals surface area contributed by atoms with Crippen molar-refractivity contribution in [3.05, 3.63) is 29.8 Å². The fourth-order valence-corrected chi connectivity index (χ4v) is 2.11. The lowest BCUT2D eigenvalue weighted by Gasteiger charge is -2.14. The molecule has 0 fully saturated rings. The van der Waals surface area contributed by atoms with Crippen LogP contribution in [0.4, 0.5) is 0 Å². The van der Waals surface area contributed by atoms with E-state index in [1.165, 1.54) is 6.92 Å². The molecule has 1 aromatic carbocycles. The van der Waals surface area contributed by atoms with E-state index < -0.39 is 17.4 Å². The summed E-state index contributed by atoms with van der Waals surface area (Å²) in [5.41, 5.74) is 0.171. The second-order valence-corrected chi connectivity index (χ2v) is 4.76. The molecule has 0 spiro atoms. The summed E-state index contributed by atoms with van der Waals surface area (Å²) in [5.74, 6) is -1.05. The van der Waals surface area contributed by atoms with Gasteiger partial charge in [-0.05, 0) is 26.0 Å². The van der Waals surface area contributed by atoms with Gasteiger partial charge in [0.1, 0.15) is 0 Å². The van der Waals surface area contributed by atoms with Gasteiger partial charge in [-0.1, -0.05) is 29.5 Å². The zero-order valence-corrected chi connectivity index (χ0v) is 11.5. The van der Waals surface area contributed by atoms with Gasteiger partial charge in [-0.3, -0.25) is 4.79 Å². The zero-order valence-electron chi connectivity index (χ0n) is 10.6. The van der Waals surface area contributed by atoms with Gasteiger partial charge in [0, 0.05) is 11.8 Å². The number of rotatable bonds is 5. The van der Waals surface area contributed by atoms with Crippen LogP contribution in [0.15, 0.2) is 29.2 Å². The molecule has 0 aromatic heterocycles. The predicted molar refractivity (Wildman–Crippen MR) is 69.2 cm³/mol. The third-order valence-electron chi connectivity index (χ3n) is 2.02. The van der Waals surface area contributed by atoms with E-state index in [9.17, 15) is 9.59 Å². The molecule has 0 heterocycles. The zero-order chi connectivity index (χ0) is 13.5. The minimum atomic E-state index is -0.954. The molecule has 0 N–H and O–H groups in total. The number of hydrogen-bond acceptors (Lipinski definition) is 5. The van der Waals surface area contributed by atoms with Crippen LogP contribution in [0.1, 0.15) is 19.4 Å². The van der Waals surface area contributed by atoms with E-state index >= 15 is 0 Å². The molecule has 0 radical (unpaired) electrons. The van der Waals surface area contributed by atoms with Gasteiger partial charge in [-0.2, -0.15) is 0 Å². The maximum absolute atomic E-state index is 11.6. The number of benzene rings is 1. The van der Waals surface area contributed by atoms with Crippen LogP contribution >= 0.6 is 11.8 Å². The van der Waals surface area contributed by atoms with Crippen molar-refractivity contribution in [1.29, 1.82) is 0 Å². The molecule has 0 saturated heterocycles. The summed E-state index contributed by atoms with van der Waals surface area (Å²) in [4.78, 5) is 23.4. The third-order valence-corrected chi connectivity index (χ3v) is 3.06. The maximum atomic E-state index is 11.6. The summed E-state index contributed by atoms with van der Waals surface area (Å²) in [6.07, 6.45) is 0. The van der Waals surface area contributed by atoms with E-state index in [0.29, 0.717) is 0 Å². The summed E-state index contributed by atoms with van der Waals surface area (Å²) >= 11 is 1.16. The average molecular weight is 268 g/mol. The minimum Gasteiger partial charge on any atom is -0.463 e. The standard InChI is InChI=1S/C13H16O4S/c1-4-16-12(15)13(17-10(3)14)18-11-7-5-9(2)6-8-11/h5-8,13H,4H2,1-3H3. The average Bonchev–Trinajstić information content (AvgIpc) is 2.31. The molecule has 0 saturated carbocycles. The molecule has 0 aliphatic carbocycles. The number of thioether (sulfide) groups is 1. The van der Waals surface area contributed by atoms with Crippen LogP contribution in [0.5, 0.6) is 0 Å². The SMILES string of the molecule is CCOC(=O)C(OC(C)=O)Sc1ccc(C)cc1. The Bertz CT molecular complexity index is 414. The van der Waals surface area contributed by atoms with Crippen LogP contribution in [-0.4, -0.2) is 24.0 Å². The van der Waals surface area contributed by atoms with Gasteiger partial charge in [0.2, 0.25) is 5.44 Å². The van der Waals surface area contributed by atoms with Crippen molar-refractivity contribution < 1.29 is 19.1 Å². The lowest BCUT2D eigenvalue weighted by molar-refractivity contribution is -0.159. The van der Waals surface area contributed by atoms with Crippen LogP contribution in [0, 0.1) is 6.92 Å². The fourth-order valence-electron chi connectivity index (χ4n) is 1.22. The number of aryl methyl sites for hydroxylation is 1. The first kappa shape index (κ1) is 14.6. The highest BCUT2D eigenvalue weighted by Crippen LogP contribution is 2.25. The first-order valence-corrected chi connectivity index (χ1v) is 6.48. The smallest absolute Gasteiger partial charge is 0.358 e. The van der Waals surface area contributed by atoms with Crippen molar-refractivity contribution in [2.24, 2.45) is 0 Å². The van der Waals surface area contributed by atoms with Crippen molar-refractivity contribution in [3.8, 4) is 0 Å². The number of ether oxygens (including phenoxy) is 2. The first-order valence-electron chi connectivity index (χ1n) is 5.60. The van der Waals surface area contributed by atoms with Gasteiger partial charge in [0.05, 0.1) is 6.61 Å². The van der Waals surface area contributed by atoms with Crippen LogP contribution in [0.3, 0.4) is 0 Å². The molecular formula is C13H16O4S. The van der Waals surface area contributed by atoms with Gasteiger partial charge in [0.25, 0.3) is 0 Å². The molecular weight excluding hydrogens is 252 g/mol. The van der Waals surface area contributed by atoms with Crippen LogP contribution in [-0.2, 0) is 19.1 Å². The highest BCUT2D eigenvalue weighted by atomic mass is 32.2. The normalized spacial score (nSPS) is 11.7. The minimum absolute atomic E-state index is 0.255. The summed E-state index contributed by atoms with van der Waals surface area (Å²) in [7, 11) is 0. The Kier molecular flexibility index (Phi) is 5.71. The Hall–Kier alpha value is -1.49. The molecule has 0 bridgehead atoms. The lowest BCUT2D eigenvalue weighted by Crippen LogP contribution is -2.25. The van der Waals surface area contributed by atoms with Crippen LogP contribution < -0.4 is 0 Å². The largest absolute Gasteiger partial charge is 0.463 e. The van der Waals surface area contributed by atoms with E-state index in [2.05, 4.69) is 0 Å². The number of hydrogen-bond donors (Lipinski definition) is 0. The molecule has 1 rings (SSSR count). The molecule has 5 heteroatoms. The van der Waals surface area contributed by atoms with Gasteiger partial charge in [-0.15, -0.1) is 0 Å². The lowest BCUT2D eigenvalue weighted by atomic mass is 10.2. The molecule has 0 aliphatic rings. The van der Waals surface area contributed by atoms with Gasteiger partial charge < -0.3 is 9.47 Å². The molecule has 1 aromatic rings. The van der Waals surface area contributed by atoms with Crippen molar-refractivity contribution in [3.63, 3.8) is 0 Å². The molecule has 18 heavy (non-hydrogen) atoms. The second-order valence-electron chi connectivity index (χ2n) is 3.62. The molecule has 4 nitrogen and oxygen atoms in total. The Morgan fingerprint density at radius 2 is 1.89 bits per heavy atom. The molecule has 1 unspecified atom stereocenters. The van der Waals surface area contributed by atoms with Crippen LogP contribution in [0.2, 0.25) is 0 Å². The highest BCUT2D eigenvalue weighted by Gasteiger charge is 2.24. The molecule has 1 atom stereocenters. The van der Waals surface area contributed by atoms with E-state index in [-0.39, 0.29) is 6.61 Å². The summed E-state index contributed by atoms with van der Waals surface area (Å²) < 4.78 is 9.81. The van der Waals surface area contributed by atoms with Crippen molar-refractivity contribution in [2.75, 3.05) is 6.61 Å². The van der Waals surface area contributed by atoms with Crippen LogP contribution in [0.25, 0.3) is 0 Å². The van der Waals surface area contributed by atoms with E-state index in [1.54, 1.807) is 6.92 Å². The number of carbonyl (C=O) groups excluding carboxylic acids is 2. The predicted octanol–water partition coefficient (Wildman–Crippen LogP) is 2.54. The van der Waals surface area contributed by atoms with Crippen molar-refractivity contribution >= 4 is 23.7 Å². The third kappa shape index (κ3) is 4.79. The molecule has 0 amide bonds. The topological polar surface area (TPSA) is 52.6 Å². The Labute approximate surface area is 111 Å². The number of esters is 2. The Balaban J connectivity index is 2.74. The summed E-state index contributed by atoms with van der Waals surface area (Å²) in [6, 6.07) is 7.60. The maximum Gasteiger partial charge on any atom is 0.358 e.